The number of halogens is 1. The lowest BCUT2D eigenvalue weighted by Crippen LogP contribution is -2.39. The molecule has 6 nitrogen and oxygen atoms in total. The smallest absolute Gasteiger partial charge is 0.273 e. The van der Waals surface area contributed by atoms with E-state index < -0.39 is 0 Å². The van der Waals surface area contributed by atoms with Crippen LogP contribution in [0.15, 0.2) is 30.5 Å². The molecule has 1 aliphatic heterocycles. The zero-order valence-electron chi connectivity index (χ0n) is 15.5. The number of rotatable bonds is 5. The quantitative estimate of drug-likeness (QED) is 0.826. The van der Waals surface area contributed by atoms with E-state index in [-0.39, 0.29) is 11.3 Å². The summed E-state index contributed by atoms with van der Waals surface area (Å²) in [5, 5.41) is 15.5. The Morgan fingerprint density at radius 3 is 2.81 bits per heavy atom. The molecule has 2 fully saturated rings. The SMILES string of the molecule is O=C(NCC1(c2cccc(Cl)c2)CCCC1)c1cn(C2CCNCC2)nn1. The first-order valence-electron chi connectivity index (χ1n) is 9.83. The Morgan fingerprint density at radius 2 is 2.07 bits per heavy atom. The largest absolute Gasteiger partial charge is 0.350 e. The van der Waals surface area contributed by atoms with Crippen LogP contribution < -0.4 is 10.6 Å². The first-order valence-corrected chi connectivity index (χ1v) is 10.2. The number of carbonyl (C=O) groups excluding carboxylic acids is 1. The molecule has 2 heterocycles. The van der Waals surface area contributed by atoms with Crippen molar-refractivity contribution in [1.82, 2.24) is 25.6 Å². The Kier molecular flexibility index (Phi) is 5.45. The molecule has 0 atom stereocenters. The van der Waals surface area contributed by atoms with Crippen molar-refractivity contribution in [3.05, 3.63) is 46.7 Å². The molecule has 1 saturated carbocycles. The van der Waals surface area contributed by atoms with Crippen molar-refractivity contribution < 1.29 is 4.79 Å². The van der Waals surface area contributed by atoms with E-state index in [1.165, 1.54) is 18.4 Å². The number of benzene rings is 1. The van der Waals surface area contributed by atoms with Gasteiger partial charge in [-0.25, -0.2) is 4.68 Å². The molecule has 4 rings (SSSR count). The fourth-order valence-electron chi connectivity index (χ4n) is 4.41. The van der Waals surface area contributed by atoms with Crippen molar-refractivity contribution in [2.75, 3.05) is 19.6 Å². The zero-order valence-corrected chi connectivity index (χ0v) is 16.2. The van der Waals surface area contributed by atoms with E-state index in [1.54, 1.807) is 6.20 Å². The fourth-order valence-corrected chi connectivity index (χ4v) is 4.60. The lowest BCUT2D eigenvalue weighted by Gasteiger charge is -2.30. The average molecular weight is 388 g/mol. The Balaban J connectivity index is 1.44. The summed E-state index contributed by atoms with van der Waals surface area (Å²) in [4.78, 5) is 12.7. The van der Waals surface area contributed by atoms with Gasteiger partial charge >= 0.3 is 0 Å². The molecule has 0 bridgehead atoms. The average Bonchev–Trinajstić information content (AvgIpc) is 3.38. The minimum Gasteiger partial charge on any atom is -0.350 e. The van der Waals surface area contributed by atoms with E-state index >= 15 is 0 Å². The fraction of sp³-hybridized carbons (Fsp3) is 0.550. The highest BCUT2D eigenvalue weighted by Gasteiger charge is 2.36. The zero-order chi connectivity index (χ0) is 18.7. The molecule has 144 valence electrons. The van der Waals surface area contributed by atoms with Crippen LogP contribution in [0.25, 0.3) is 0 Å². The maximum Gasteiger partial charge on any atom is 0.273 e. The first-order chi connectivity index (χ1) is 13.2. The lowest BCUT2D eigenvalue weighted by atomic mass is 9.79. The van der Waals surface area contributed by atoms with Crippen LogP contribution in [0.5, 0.6) is 0 Å². The van der Waals surface area contributed by atoms with E-state index in [9.17, 15) is 4.79 Å². The van der Waals surface area contributed by atoms with Gasteiger partial charge in [0.05, 0.1) is 12.2 Å². The van der Waals surface area contributed by atoms with Gasteiger partial charge in [0.25, 0.3) is 5.91 Å². The van der Waals surface area contributed by atoms with Crippen LogP contribution >= 0.6 is 11.6 Å². The standard InChI is InChI=1S/C20H26ClN5O/c21-16-5-3-4-15(12-16)20(8-1-2-9-20)14-23-19(27)18-13-26(25-24-18)17-6-10-22-11-7-17/h3-5,12-13,17,22H,1-2,6-11,14H2,(H,23,27). The second-order valence-electron chi connectivity index (χ2n) is 7.75. The monoisotopic (exact) mass is 387 g/mol. The minimum atomic E-state index is -0.150. The van der Waals surface area contributed by atoms with Crippen LogP contribution in [0.3, 0.4) is 0 Å². The van der Waals surface area contributed by atoms with Gasteiger partial charge < -0.3 is 10.6 Å². The summed E-state index contributed by atoms with van der Waals surface area (Å²) in [6, 6.07) is 8.37. The van der Waals surface area contributed by atoms with Gasteiger partial charge in [-0.15, -0.1) is 5.10 Å². The number of piperidine rings is 1. The van der Waals surface area contributed by atoms with Crippen LogP contribution in [0.4, 0.5) is 0 Å². The number of hydrogen-bond donors (Lipinski definition) is 2. The summed E-state index contributed by atoms with van der Waals surface area (Å²) >= 11 is 6.21. The number of nitrogens with zero attached hydrogens (tertiary/aromatic N) is 3. The van der Waals surface area contributed by atoms with Crippen molar-refractivity contribution in [2.24, 2.45) is 0 Å². The Morgan fingerprint density at radius 1 is 1.30 bits per heavy atom. The molecule has 27 heavy (non-hydrogen) atoms. The van der Waals surface area contributed by atoms with Crippen LogP contribution in [0, 0.1) is 0 Å². The summed E-state index contributed by atoms with van der Waals surface area (Å²) in [7, 11) is 0. The summed E-state index contributed by atoms with van der Waals surface area (Å²) in [5.74, 6) is -0.150. The van der Waals surface area contributed by atoms with Crippen LogP contribution in [-0.2, 0) is 5.41 Å². The normalized spacial score (nSPS) is 19.9. The number of aromatic nitrogens is 3. The predicted molar refractivity (Wildman–Crippen MR) is 105 cm³/mol. The third kappa shape index (κ3) is 4.01. The minimum absolute atomic E-state index is 0.0361. The molecule has 1 aliphatic carbocycles. The van der Waals surface area contributed by atoms with E-state index in [2.05, 4.69) is 27.0 Å². The summed E-state index contributed by atoms with van der Waals surface area (Å²) < 4.78 is 1.85. The van der Waals surface area contributed by atoms with Gasteiger partial charge in [-0.1, -0.05) is 41.8 Å². The molecule has 0 radical (unpaired) electrons. The van der Waals surface area contributed by atoms with Gasteiger partial charge in [0, 0.05) is 17.0 Å². The topological polar surface area (TPSA) is 71.8 Å². The molecule has 1 amide bonds. The molecule has 1 saturated heterocycles. The lowest BCUT2D eigenvalue weighted by molar-refractivity contribution is 0.0938. The second-order valence-corrected chi connectivity index (χ2v) is 8.18. The Labute approximate surface area is 164 Å². The summed E-state index contributed by atoms with van der Waals surface area (Å²) in [6.45, 7) is 2.56. The van der Waals surface area contributed by atoms with Gasteiger partial charge in [-0.05, 0) is 56.5 Å². The summed E-state index contributed by atoms with van der Waals surface area (Å²) in [5.41, 5.74) is 1.57. The van der Waals surface area contributed by atoms with Crippen LogP contribution in [0.2, 0.25) is 5.02 Å². The van der Waals surface area contributed by atoms with E-state index in [1.807, 2.05) is 22.9 Å². The third-order valence-corrected chi connectivity index (χ3v) is 6.25. The molecule has 1 aromatic heterocycles. The van der Waals surface area contributed by atoms with Crippen molar-refractivity contribution in [3.63, 3.8) is 0 Å². The van der Waals surface area contributed by atoms with Crippen molar-refractivity contribution in [2.45, 2.75) is 50.0 Å². The maximum atomic E-state index is 12.7. The van der Waals surface area contributed by atoms with Crippen LogP contribution in [-0.4, -0.2) is 40.5 Å². The van der Waals surface area contributed by atoms with Crippen molar-refractivity contribution in [1.29, 1.82) is 0 Å². The molecule has 0 unspecified atom stereocenters. The maximum absolute atomic E-state index is 12.7. The van der Waals surface area contributed by atoms with Gasteiger partial charge in [-0.2, -0.15) is 0 Å². The first kappa shape index (κ1) is 18.4. The van der Waals surface area contributed by atoms with E-state index in [0.717, 1.165) is 43.8 Å². The molecule has 1 aromatic carbocycles. The molecular weight excluding hydrogens is 362 g/mol. The van der Waals surface area contributed by atoms with Gasteiger partial charge in [-0.3, -0.25) is 4.79 Å². The van der Waals surface area contributed by atoms with E-state index in [0.29, 0.717) is 18.3 Å². The number of hydrogen-bond acceptors (Lipinski definition) is 4. The van der Waals surface area contributed by atoms with Crippen molar-refractivity contribution in [3.8, 4) is 0 Å². The van der Waals surface area contributed by atoms with Gasteiger partial charge in [0.1, 0.15) is 0 Å². The molecule has 2 aromatic rings. The van der Waals surface area contributed by atoms with Gasteiger partial charge in [0.2, 0.25) is 0 Å². The summed E-state index contributed by atoms with van der Waals surface area (Å²) in [6.07, 6.45) is 8.30. The van der Waals surface area contributed by atoms with Crippen LogP contribution in [0.1, 0.15) is 60.6 Å². The molecule has 2 N–H and O–H groups in total. The number of amides is 1. The van der Waals surface area contributed by atoms with E-state index in [4.69, 9.17) is 11.6 Å². The van der Waals surface area contributed by atoms with Crippen molar-refractivity contribution >= 4 is 17.5 Å². The number of nitrogens with one attached hydrogen (secondary N) is 2. The number of carbonyl (C=O) groups is 1. The predicted octanol–water partition coefficient (Wildman–Crippen LogP) is 3.10. The third-order valence-electron chi connectivity index (χ3n) is 6.01. The Hall–Kier alpha value is -1.92. The highest BCUT2D eigenvalue weighted by atomic mass is 35.5. The molecule has 0 spiro atoms. The highest BCUT2D eigenvalue weighted by Crippen LogP contribution is 2.41. The molecular formula is C20H26ClN5O. The molecule has 7 heteroatoms. The molecule has 2 aliphatic rings. The highest BCUT2D eigenvalue weighted by molar-refractivity contribution is 6.30. The Bertz CT molecular complexity index is 793. The van der Waals surface area contributed by atoms with Gasteiger partial charge in [0.15, 0.2) is 5.69 Å². The second kappa shape index (κ2) is 7.98.